The number of carbonyl (C=O) groups is 1. The van der Waals surface area contributed by atoms with E-state index < -0.39 is 0 Å². The minimum absolute atomic E-state index is 0.121. The normalized spacial score (nSPS) is 14.9. The lowest BCUT2D eigenvalue weighted by Gasteiger charge is -2.20. The van der Waals surface area contributed by atoms with Gasteiger partial charge in [0.05, 0.1) is 11.9 Å². The maximum atomic E-state index is 12.2. The van der Waals surface area contributed by atoms with Crippen LogP contribution in [0.3, 0.4) is 0 Å². The van der Waals surface area contributed by atoms with E-state index in [1.54, 1.807) is 6.20 Å². The highest BCUT2D eigenvalue weighted by atomic mass is 16.1. The molecule has 1 aliphatic carbocycles. The number of benzene rings is 1. The molecule has 25 heavy (non-hydrogen) atoms. The van der Waals surface area contributed by atoms with Gasteiger partial charge in [-0.15, -0.1) is 0 Å². The fourth-order valence-electron chi connectivity index (χ4n) is 3.34. The number of aromatic nitrogens is 1. The lowest BCUT2D eigenvalue weighted by atomic mass is 9.89. The Hall–Kier alpha value is -2.36. The molecule has 0 unspecified atom stereocenters. The van der Waals surface area contributed by atoms with Gasteiger partial charge in [-0.2, -0.15) is 0 Å². The van der Waals surface area contributed by atoms with Crippen molar-refractivity contribution in [1.82, 2.24) is 4.98 Å². The standard InChI is InChI=1S/C21H27N3O/c25-21(18-11-5-2-6-12-18)24-20-14-13-19(16-23-20)22-15-7-10-17-8-3-1-4-9-17/h1,3-4,8-9,13-14,16,18,22H,2,5-7,10-12,15H2,(H,23,24,25). The third kappa shape index (κ3) is 5.59. The molecular formula is C21H27N3O. The van der Waals surface area contributed by atoms with Gasteiger partial charge in [-0.25, -0.2) is 4.98 Å². The van der Waals surface area contributed by atoms with E-state index in [1.807, 2.05) is 18.2 Å². The van der Waals surface area contributed by atoms with Crippen LogP contribution in [0.1, 0.15) is 44.1 Å². The van der Waals surface area contributed by atoms with Crippen molar-refractivity contribution < 1.29 is 4.79 Å². The smallest absolute Gasteiger partial charge is 0.228 e. The summed E-state index contributed by atoms with van der Waals surface area (Å²) in [5, 5.41) is 6.33. The van der Waals surface area contributed by atoms with Gasteiger partial charge in [-0.3, -0.25) is 4.79 Å². The zero-order valence-electron chi connectivity index (χ0n) is 14.7. The number of carbonyl (C=O) groups excluding carboxylic acids is 1. The quantitative estimate of drug-likeness (QED) is 0.723. The fraction of sp³-hybridized carbons (Fsp3) is 0.429. The predicted molar refractivity (Wildman–Crippen MR) is 103 cm³/mol. The Morgan fingerprint density at radius 2 is 1.84 bits per heavy atom. The van der Waals surface area contributed by atoms with E-state index in [0.29, 0.717) is 5.82 Å². The van der Waals surface area contributed by atoms with Crippen molar-refractivity contribution in [1.29, 1.82) is 0 Å². The van der Waals surface area contributed by atoms with Gasteiger partial charge < -0.3 is 10.6 Å². The van der Waals surface area contributed by atoms with Crippen molar-refractivity contribution in [2.75, 3.05) is 17.2 Å². The highest BCUT2D eigenvalue weighted by Crippen LogP contribution is 2.24. The second-order valence-electron chi connectivity index (χ2n) is 6.77. The summed E-state index contributed by atoms with van der Waals surface area (Å²) in [6.45, 7) is 0.907. The number of aryl methyl sites for hydroxylation is 1. The number of hydrogen-bond acceptors (Lipinski definition) is 3. The monoisotopic (exact) mass is 337 g/mol. The summed E-state index contributed by atoms with van der Waals surface area (Å²) in [5.41, 5.74) is 2.35. The summed E-state index contributed by atoms with van der Waals surface area (Å²) < 4.78 is 0. The van der Waals surface area contributed by atoms with Gasteiger partial charge in [0, 0.05) is 12.5 Å². The van der Waals surface area contributed by atoms with Gasteiger partial charge in [0.1, 0.15) is 5.82 Å². The average molecular weight is 337 g/mol. The average Bonchev–Trinajstić information content (AvgIpc) is 2.68. The number of anilines is 2. The van der Waals surface area contributed by atoms with E-state index in [1.165, 1.54) is 12.0 Å². The summed E-state index contributed by atoms with van der Waals surface area (Å²) in [6, 6.07) is 14.4. The topological polar surface area (TPSA) is 54.0 Å². The van der Waals surface area contributed by atoms with E-state index in [9.17, 15) is 4.79 Å². The SMILES string of the molecule is O=C(Nc1ccc(NCCCc2ccccc2)cn1)C1CCCCC1. The van der Waals surface area contributed by atoms with Gasteiger partial charge in [0.2, 0.25) is 5.91 Å². The Morgan fingerprint density at radius 3 is 2.56 bits per heavy atom. The maximum Gasteiger partial charge on any atom is 0.228 e. The number of pyridine rings is 1. The molecule has 0 saturated heterocycles. The Bertz CT molecular complexity index is 649. The summed E-state index contributed by atoms with van der Waals surface area (Å²) in [5.74, 6) is 0.924. The first-order valence-electron chi connectivity index (χ1n) is 9.36. The Balaban J connectivity index is 1.40. The van der Waals surface area contributed by atoms with Crippen molar-refractivity contribution in [3.05, 3.63) is 54.2 Å². The summed E-state index contributed by atoms with van der Waals surface area (Å²) in [7, 11) is 0. The molecular weight excluding hydrogens is 310 g/mol. The lowest BCUT2D eigenvalue weighted by molar-refractivity contribution is -0.120. The largest absolute Gasteiger partial charge is 0.384 e. The molecule has 1 heterocycles. The molecule has 1 amide bonds. The Labute approximate surface area is 150 Å². The molecule has 132 valence electrons. The fourth-order valence-corrected chi connectivity index (χ4v) is 3.34. The number of amides is 1. The van der Waals surface area contributed by atoms with E-state index in [0.717, 1.165) is 50.8 Å². The summed E-state index contributed by atoms with van der Waals surface area (Å²) in [4.78, 5) is 16.6. The second-order valence-corrected chi connectivity index (χ2v) is 6.77. The van der Waals surface area contributed by atoms with Gasteiger partial charge >= 0.3 is 0 Å². The molecule has 1 aliphatic rings. The molecule has 4 nitrogen and oxygen atoms in total. The van der Waals surface area contributed by atoms with Gasteiger partial charge in [0.25, 0.3) is 0 Å². The molecule has 0 spiro atoms. The molecule has 2 N–H and O–H groups in total. The minimum Gasteiger partial charge on any atom is -0.384 e. The molecule has 3 rings (SSSR count). The molecule has 2 aromatic rings. The Morgan fingerprint density at radius 1 is 1.04 bits per heavy atom. The minimum atomic E-state index is 0.121. The van der Waals surface area contributed by atoms with Crippen molar-refractivity contribution in [2.24, 2.45) is 5.92 Å². The van der Waals surface area contributed by atoms with Crippen LogP contribution in [0.2, 0.25) is 0 Å². The van der Waals surface area contributed by atoms with Gasteiger partial charge in [-0.05, 0) is 43.4 Å². The molecule has 1 saturated carbocycles. The maximum absolute atomic E-state index is 12.2. The van der Waals surface area contributed by atoms with Crippen molar-refractivity contribution in [3.8, 4) is 0 Å². The zero-order valence-corrected chi connectivity index (χ0v) is 14.7. The predicted octanol–water partition coefficient (Wildman–Crippen LogP) is 4.65. The first-order chi connectivity index (χ1) is 12.3. The van der Waals surface area contributed by atoms with Crippen LogP contribution in [0.5, 0.6) is 0 Å². The number of hydrogen-bond donors (Lipinski definition) is 2. The van der Waals surface area contributed by atoms with Gasteiger partial charge in [-0.1, -0.05) is 49.6 Å². The third-order valence-corrected chi connectivity index (χ3v) is 4.80. The highest BCUT2D eigenvalue weighted by molar-refractivity contribution is 5.91. The number of nitrogens with zero attached hydrogens (tertiary/aromatic N) is 1. The summed E-state index contributed by atoms with van der Waals surface area (Å²) >= 11 is 0. The lowest BCUT2D eigenvalue weighted by Crippen LogP contribution is -2.25. The second kappa shape index (κ2) is 9.21. The van der Waals surface area contributed by atoms with Crippen LogP contribution < -0.4 is 10.6 Å². The number of nitrogens with one attached hydrogen (secondary N) is 2. The van der Waals surface area contributed by atoms with Crippen LogP contribution in [0.25, 0.3) is 0 Å². The van der Waals surface area contributed by atoms with Crippen LogP contribution in [0.15, 0.2) is 48.7 Å². The zero-order chi connectivity index (χ0) is 17.3. The van der Waals surface area contributed by atoms with Crippen molar-refractivity contribution in [3.63, 3.8) is 0 Å². The van der Waals surface area contributed by atoms with Crippen LogP contribution in [-0.2, 0) is 11.2 Å². The van der Waals surface area contributed by atoms with Crippen LogP contribution in [0, 0.1) is 5.92 Å². The molecule has 0 bridgehead atoms. The molecule has 1 aromatic heterocycles. The highest BCUT2D eigenvalue weighted by Gasteiger charge is 2.21. The molecule has 4 heteroatoms. The third-order valence-electron chi connectivity index (χ3n) is 4.80. The Kier molecular flexibility index (Phi) is 6.43. The van der Waals surface area contributed by atoms with Crippen molar-refractivity contribution in [2.45, 2.75) is 44.9 Å². The van der Waals surface area contributed by atoms with Crippen molar-refractivity contribution >= 4 is 17.4 Å². The molecule has 1 aromatic carbocycles. The first-order valence-corrected chi connectivity index (χ1v) is 9.36. The van der Waals surface area contributed by atoms with E-state index in [4.69, 9.17) is 0 Å². The van der Waals surface area contributed by atoms with Crippen LogP contribution in [0.4, 0.5) is 11.5 Å². The van der Waals surface area contributed by atoms with Crippen LogP contribution >= 0.6 is 0 Å². The molecule has 0 radical (unpaired) electrons. The van der Waals surface area contributed by atoms with E-state index >= 15 is 0 Å². The summed E-state index contributed by atoms with van der Waals surface area (Å²) in [6.07, 6.45) is 9.53. The van der Waals surface area contributed by atoms with E-state index in [-0.39, 0.29) is 11.8 Å². The van der Waals surface area contributed by atoms with E-state index in [2.05, 4.69) is 39.9 Å². The number of rotatable bonds is 7. The van der Waals surface area contributed by atoms with Gasteiger partial charge in [0.15, 0.2) is 0 Å². The molecule has 1 fully saturated rings. The molecule has 0 atom stereocenters. The molecule has 0 aliphatic heterocycles. The first kappa shape index (κ1) is 17.5. The van der Waals surface area contributed by atoms with Crippen LogP contribution in [-0.4, -0.2) is 17.4 Å².